The number of ether oxygens (including phenoxy) is 1. The van der Waals surface area contributed by atoms with E-state index in [0.717, 1.165) is 97.0 Å². The van der Waals surface area contributed by atoms with Gasteiger partial charge in [-0.2, -0.15) is 0 Å². The fraction of sp³-hybridized carbons (Fsp3) is 0.417. The second-order valence-electron chi connectivity index (χ2n) is 19.0. The van der Waals surface area contributed by atoms with Crippen LogP contribution in [0.5, 0.6) is 0 Å². The van der Waals surface area contributed by atoms with E-state index in [0.29, 0.717) is 24.5 Å². The number of aromatic nitrogens is 2. The van der Waals surface area contributed by atoms with Gasteiger partial charge in [-0.3, -0.25) is 9.69 Å². The second kappa shape index (κ2) is 20.6. The SMILES string of the molecule is COCC(CN1CC[PH](C)(O)CC1)Nc1ccc(S(=O)(=O)NC(=O)c2ccc(N3CCN(CC4=C(c5ccc(Cl)cc5)CC(C)(C)CC4)CC3)cc2Sc2cnc3[nH]ccc3c2)cc1[N+](=O)[O-]. The van der Waals surface area contributed by atoms with Gasteiger partial charge in [0.2, 0.25) is 0 Å². The summed E-state index contributed by atoms with van der Waals surface area (Å²) < 4.78 is 35.4. The van der Waals surface area contributed by atoms with Crippen LogP contribution in [0.1, 0.15) is 49.0 Å². The van der Waals surface area contributed by atoms with Crippen LogP contribution < -0.4 is 14.9 Å². The number of amides is 1. The summed E-state index contributed by atoms with van der Waals surface area (Å²) in [5, 5.41) is 17.2. The Kier molecular flexibility index (Phi) is 15.0. The number of nitro groups is 1. The van der Waals surface area contributed by atoms with Crippen molar-refractivity contribution in [3.05, 3.63) is 117 Å². The molecule has 2 saturated heterocycles. The number of benzene rings is 3. The predicted molar refractivity (Wildman–Crippen MR) is 271 cm³/mol. The first-order chi connectivity index (χ1) is 31.9. The number of nitrogens with zero attached hydrogens (tertiary/aromatic N) is 5. The van der Waals surface area contributed by atoms with Crippen LogP contribution in [0, 0.1) is 15.5 Å². The Hall–Kier alpha value is -4.58. The van der Waals surface area contributed by atoms with E-state index >= 15 is 0 Å². The van der Waals surface area contributed by atoms with E-state index in [-0.39, 0.29) is 29.3 Å². The first-order valence-corrected chi connectivity index (χ1v) is 28.2. The minimum atomic E-state index is -4.58. The van der Waals surface area contributed by atoms with Crippen LogP contribution >= 0.6 is 30.9 Å². The number of halogens is 1. The number of hydrogen-bond donors (Lipinski definition) is 4. The molecule has 8 rings (SSSR count). The fourth-order valence-electron chi connectivity index (χ4n) is 9.26. The number of H-pyrrole nitrogens is 1. The van der Waals surface area contributed by atoms with Gasteiger partial charge in [-0.25, -0.2) is 4.98 Å². The standard InChI is InChI=1S/C48H60ClN8O7PS2/c1-48(2)15-13-35(42(28-48)33-5-7-36(49)8-6-33)30-54-17-19-56(20-18-54)38-9-11-41(45(26-38)66-39-25-34-14-16-50-46(34)51-29-39)47(58)53-67(62,63)40-10-12-43(44(27-40)57(59)60)52-37(32-64-3)31-55-21-23-65(4,61)24-22-55/h5-12,14,16,25-27,29,37,52,61,65H,13,15,17-24,28,30-32H2,1-4H3,(H,50,51)(H,53,58). The maximum absolute atomic E-state index is 14.1. The van der Waals surface area contributed by atoms with Gasteiger partial charge < -0.3 is 9.88 Å². The molecule has 0 radical (unpaired) electrons. The zero-order chi connectivity index (χ0) is 47.5. The molecule has 2 aromatic heterocycles. The van der Waals surface area contributed by atoms with Gasteiger partial charge in [0.15, 0.2) is 0 Å². The van der Waals surface area contributed by atoms with Crippen molar-refractivity contribution in [2.24, 2.45) is 5.41 Å². The Labute approximate surface area is 402 Å². The maximum atomic E-state index is 14.1. The van der Waals surface area contributed by atoms with Crippen molar-refractivity contribution in [3.63, 3.8) is 0 Å². The molecule has 2 fully saturated rings. The van der Waals surface area contributed by atoms with E-state index in [2.05, 4.69) is 60.7 Å². The molecule has 1 amide bonds. The summed E-state index contributed by atoms with van der Waals surface area (Å²) in [6.07, 6.45) is 8.19. The van der Waals surface area contributed by atoms with Crippen LogP contribution in [0.4, 0.5) is 17.1 Å². The van der Waals surface area contributed by atoms with Gasteiger partial charge in [-0.15, -0.1) is 0 Å². The molecule has 358 valence electrons. The summed E-state index contributed by atoms with van der Waals surface area (Å²) in [6, 6.07) is 20.7. The average molecular weight is 992 g/mol. The number of carbonyl (C=O) groups excluding carboxylic acids is 1. The average Bonchev–Trinajstić information content (AvgIpc) is 3.76. The molecule has 4 N–H and O–H groups in total. The zero-order valence-electron chi connectivity index (χ0n) is 38.4. The Morgan fingerprint density at radius 3 is 2.49 bits per heavy atom. The number of nitrogens with one attached hydrogen (secondary N) is 3. The summed E-state index contributed by atoms with van der Waals surface area (Å²) in [5.41, 5.74) is 5.77. The molecule has 1 atom stereocenters. The Morgan fingerprint density at radius 2 is 1.78 bits per heavy atom. The number of piperazine rings is 1. The number of rotatable bonds is 16. The van der Waals surface area contributed by atoms with Crippen molar-refractivity contribution in [2.75, 3.05) is 95.3 Å². The van der Waals surface area contributed by atoms with E-state index in [1.54, 1.807) is 25.6 Å². The van der Waals surface area contributed by atoms with Crippen LogP contribution in [-0.2, 0) is 14.8 Å². The first-order valence-electron chi connectivity index (χ1n) is 22.7. The van der Waals surface area contributed by atoms with Crippen LogP contribution in [0.3, 0.4) is 0 Å². The normalized spacial score (nSPS) is 19.0. The minimum absolute atomic E-state index is 0.122. The number of carbonyl (C=O) groups is 1. The van der Waals surface area contributed by atoms with Crippen LogP contribution in [-0.4, -0.2) is 135 Å². The van der Waals surface area contributed by atoms with Crippen molar-refractivity contribution in [1.82, 2.24) is 24.5 Å². The summed E-state index contributed by atoms with van der Waals surface area (Å²) in [5.74, 6) is -0.872. The molecule has 4 heterocycles. The monoisotopic (exact) mass is 990 g/mol. The molecule has 67 heavy (non-hydrogen) atoms. The van der Waals surface area contributed by atoms with Gasteiger partial charge in [0.05, 0.1) is 5.56 Å². The van der Waals surface area contributed by atoms with Crippen molar-refractivity contribution < 1.29 is 27.8 Å². The first kappa shape index (κ1) is 48.9. The third-order valence-corrected chi connectivity index (χ3v) is 18.4. The van der Waals surface area contributed by atoms with Crippen molar-refractivity contribution >= 4 is 80.5 Å². The molecule has 1 aliphatic carbocycles. The molecular formula is C48H60ClN8O7PS2. The van der Waals surface area contributed by atoms with Gasteiger partial charge in [0.25, 0.3) is 5.91 Å². The second-order valence-corrected chi connectivity index (χ2v) is 26.3. The quantitative estimate of drug-likeness (QED) is 0.0422. The molecule has 0 bridgehead atoms. The number of fused-ring (bicyclic) bond motifs is 1. The molecule has 0 saturated carbocycles. The van der Waals surface area contributed by atoms with E-state index in [9.17, 15) is 28.2 Å². The third kappa shape index (κ3) is 12.2. The number of pyridine rings is 1. The van der Waals surface area contributed by atoms with Crippen LogP contribution in [0.2, 0.25) is 5.02 Å². The number of hydrogen-bond acceptors (Lipinski definition) is 13. The van der Waals surface area contributed by atoms with Gasteiger partial charge in [0, 0.05) is 71.0 Å². The van der Waals surface area contributed by atoms with Gasteiger partial charge in [-0.1, -0.05) is 54.9 Å². The molecule has 2 aliphatic heterocycles. The molecule has 15 nitrogen and oxygen atoms in total. The van der Waals surface area contributed by atoms with E-state index < -0.39 is 38.9 Å². The van der Waals surface area contributed by atoms with E-state index in [4.69, 9.17) is 16.3 Å². The zero-order valence-corrected chi connectivity index (χ0v) is 41.8. The van der Waals surface area contributed by atoms with Crippen molar-refractivity contribution in [1.29, 1.82) is 0 Å². The summed E-state index contributed by atoms with van der Waals surface area (Å²) >= 11 is 7.57. The topological polar surface area (TPSA) is 186 Å². The molecule has 1 unspecified atom stereocenters. The third-order valence-electron chi connectivity index (χ3n) is 13.2. The Bertz CT molecular complexity index is 2750. The summed E-state index contributed by atoms with van der Waals surface area (Å²) in [4.78, 5) is 51.9. The predicted octanol–water partition coefficient (Wildman–Crippen LogP) is 8.21. The number of sulfonamides is 1. The van der Waals surface area contributed by atoms with Gasteiger partial charge >= 0.3 is 158 Å². The van der Waals surface area contributed by atoms with Crippen molar-refractivity contribution in [3.8, 4) is 0 Å². The summed E-state index contributed by atoms with van der Waals surface area (Å²) in [6.45, 7) is 12.9. The number of aromatic amines is 1. The Morgan fingerprint density at radius 1 is 1.03 bits per heavy atom. The number of anilines is 2. The van der Waals surface area contributed by atoms with Gasteiger partial charge in [0.1, 0.15) is 5.65 Å². The van der Waals surface area contributed by atoms with Crippen molar-refractivity contribution in [2.45, 2.75) is 53.8 Å². The van der Waals surface area contributed by atoms with Gasteiger partial charge in [-0.05, 0) is 78.3 Å². The van der Waals surface area contributed by atoms with Crippen LogP contribution in [0.15, 0.2) is 105 Å². The Balaban J connectivity index is 0.995. The van der Waals surface area contributed by atoms with E-state index in [1.165, 1.54) is 40.6 Å². The number of methoxy groups -OCH3 is 1. The van der Waals surface area contributed by atoms with Crippen LogP contribution in [0.25, 0.3) is 16.6 Å². The molecule has 3 aromatic carbocycles. The molecule has 5 aromatic rings. The molecule has 19 heteroatoms. The fourth-order valence-corrected chi connectivity index (χ4v) is 13.2. The number of allylic oxidation sites excluding steroid dienone is 1. The molecular weight excluding hydrogens is 931 g/mol. The molecule has 3 aliphatic rings. The van der Waals surface area contributed by atoms with E-state index in [1.807, 2.05) is 43.1 Å². The summed E-state index contributed by atoms with van der Waals surface area (Å²) in [7, 11) is -5.23. The molecule has 0 spiro atoms. The number of nitro benzene ring substituents is 1.